The second kappa shape index (κ2) is 2.95. The molecule has 0 aromatic carbocycles. The molecule has 0 spiro atoms. The number of hydrogen-bond acceptors (Lipinski definition) is 2. The summed E-state index contributed by atoms with van der Waals surface area (Å²) in [6.07, 6.45) is 2.91. The molecule has 0 N–H and O–H groups in total. The van der Waals surface area contributed by atoms with Gasteiger partial charge in [-0.2, -0.15) is 0 Å². The van der Waals surface area contributed by atoms with Gasteiger partial charge in [0.25, 0.3) is 0 Å². The summed E-state index contributed by atoms with van der Waals surface area (Å²) < 4.78 is 0. The van der Waals surface area contributed by atoms with Crippen molar-refractivity contribution >= 4 is 5.78 Å². The smallest absolute Gasteiger partial charge is 0.133 e. The van der Waals surface area contributed by atoms with Gasteiger partial charge in [0, 0.05) is 17.8 Å². The third-order valence-electron chi connectivity index (χ3n) is 2.67. The van der Waals surface area contributed by atoms with Crippen molar-refractivity contribution < 1.29 is 4.79 Å². The number of hydrogen-bond donors (Lipinski definition) is 0. The van der Waals surface area contributed by atoms with Crippen molar-refractivity contribution in [2.45, 2.75) is 26.2 Å². The first-order chi connectivity index (χ1) is 6.18. The van der Waals surface area contributed by atoms with Crippen molar-refractivity contribution in [1.82, 2.24) is 4.98 Å². The van der Waals surface area contributed by atoms with E-state index in [0.29, 0.717) is 11.7 Å². The van der Waals surface area contributed by atoms with Crippen LogP contribution in [0.5, 0.6) is 0 Å². The molecule has 2 heteroatoms. The molecule has 1 aromatic rings. The summed E-state index contributed by atoms with van der Waals surface area (Å²) in [6, 6.07) is 4.08. The zero-order valence-corrected chi connectivity index (χ0v) is 7.95. The Balaban J connectivity index is 2.12. The second-order valence-corrected chi connectivity index (χ2v) is 3.79. The van der Waals surface area contributed by atoms with Gasteiger partial charge >= 0.3 is 0 Å². The minimum Gasteiger partial charge on any atom is -0.300 e. The predicted octanol–water partition coefficient (Wildman–Crippen LogP) is 2.08. The molecule has 2 rings (SSSR count). The summed E-state index contributed by atoms with van der Waals surface area (Å²) in [7, 11) is 0. The fraction of sp³-hybridized carbons (Fsp3) is 0.455. The maximum absolute atomic E-state index is 11.0. The van der Waals surface area contributed by atoms with Crippen LogP contribution in [0.25, 0.3) is 0 Å². The number of aryl methyl sites for hydroxylation is 1. The van der Waals surface area contributed by atoms with Crippen molar-refractivity contribution in [2.24, 2.45) is 5.92 Å². The van der Waals surface area contributed by atoms with E-state index >= 15 is 0 Å². The van der Waals surface area contributed by atoms with Crippen LogP contribution in [-0.2, 0) is 4.79 Å². The molecule has 1 aliphatic carbocycles. The molecule has 1 aromatic heterocycles. The molecule has 1 fully saturated rings. The highest BCUT2D eigenvalue weighted by Crippen LogP contribution is 2.47. The lowest BCUT2D eigenvalue weighted by Gasteiger charge is -1.98. The largest absolute Gasteiger partial charge is 0.300 e. The Bertz CT molecular complexity index is 328. The van der Waals surface area contributed by atoms with Crippen LogP contribution in [0.4, 0.5) is 0 Å². The van der Waals surface area contributed by atoms with E-state index in [9.17, 15) is 4.79 Å². The molecule has 0 aliphatic heterocycles. The van der Waals surface area contributed by atoms with E-state index in [1.807, 2.05) is 19.2 Å². The summed E-state index contributed by atoms with van der Waals surface area (Å²) >= 11 is 0. The van der Waals surface area contributed by atoms with Gasteiger partial charge < -0.3 is 0 Å². The molecule has 2 atom stereocenters. The van der Waals surface area contributed by atoms with Gasteiger partial charge in [-0.15, -0.1) is 0 Å². The number of carbonyl (C=O) groups is 1. The molecule has 2 unspecified atom stereocenters. The molecule has 1 heterocycles. The Kier molecular flexibility index (Phi) is 1.91. The molecule has 1 saturated carbocycles. The van der Waals surface area contributed by atoms with E-state index in [2.05, 4.69) is 11.1 Å². The van der Waals surface area contributed by atoms with Gasteiger partial charge in [0.15, 0.2) is 0 Å². The number of rotatable bonds is 2. The Labute approximate surface area is 78.0 Å². The van der Waals surface area contributed by atoms with Crippen molar-refractivity contribution in [1.29, 1.82) is 0 Å². The average Bonchev–Trinajstić information content (AvgIpc) is 2.85. The van der Waals surface area contributed by atoms with E-state index in [1.54, 1.807) is 6.92 Å². The van der Waals surface area contributed by atoms with Crippen molar-refractivity contribution in [3.63, 3.8) is 0 Å². The van der Waals surface area contributed by atoms with E-state index in [0.717, 1.165) is 12.1 Å². The van der Waals surface area contributed by atoms with Crippen LogP contribution in [0.3, 0.4) is 0 Å². The zero-order valence-electron chi connectivity index (χ0n) is 7.95. The van der Waals surface area contributed by atoms with Gasteiger partial charge in [0.05, 0.1) is 0 Å². The summed E-state index contributed by atoms with van der Waals surface area (Å²) in [4.78, 5) is 15.3. The number of ketones is 1. The van der Waals surface area contributed by atoms with Crippen molar-refractivity contribution in [2.75, 3.05) is 0 Å². The number of Topliss-reactive ketones (excluding diaryl/α,β-unsaturated/α-hetero) is 1. The summed E-state index contributed by atoms with van der Waals surface area (Å²) in [5.74, 6) is 1.03. The first-order valence-electron chi connectivity index (χ1n) is 4.61. The van der Waals surface area contributed by atoms with E-state index in [1.165, 1.54) is 5.56 Å². The lowest BCUT2D eigenvalue weighted by molar-refractivity contribution is -0.118. The van der Waals surface area contributed by atoms with Crippen LogP contribution < -0.4 is 0 Å². The molecule has 2 nitrogen and oxygen atoms in total. The molecular weight excluding hydrogens is 162 g/mol. The molecule has 13 heavy (non-hydrogen) atoms. The minimum atomic E-state index is 0.268. The lowest BCUT2D eigenvalue weighted by atomic mass is 10.1. The maximum atomic E-state index is 11.0. The lowest BCUT2D eigenvalue weighted by Crippen LogP contribution is -1.95. The normalized spacial score (nSPS) is 25.7. The number of nitrogens with zero attached hydrogens (tertiary/aromatic N) is 1. The van der Waals surface area contributed by atoms with Crippen molar-refractivity contribution in [3.8, 4) is 0 Å². The van der Waals surface area contributed by atoms with Crippen molar-refractivity contribution in [3.05, 3.63) is 29.6 Å². The van der Waals surface area contributed by atoms with Gasteiger partial charge in [-0.1, -0.05) is 6.07 Å². The number of carbonyl (C=O) groups excluding carboxylic acids is 1. The molecule has 0 saturated heterocycles. The van der Waals surface area contributed by atoms with Crippen LogP contribution >= 0.6 is 0 Å². The third kappa shape index (κ3) is 1.62. The van der Waals surface area contributed by atoms with Gasteiger partial charge in [-0.05, 0) is 37.8 Å². The molecule has 0 bridgehead atoms. The Morgan fingerprint density at radius 3 is 2.77 bits per heavy atom. The topological polar surface area (TPSA) is 30.0 Å². The minimum absolute atomic E-state index is 0.268. The van der Waals surface area contributed by atoms with Crippen LogP contribution in [0.15, 0.2) is 18.3 Å². The standard InChI is InChI=1S/C11H13NO/c1-7-3-4-9(6-12-7)11-5-10(11)8(2)13/h3-4,6,10-11H,5H2,1-2H3. The van der Waals surface area contributed by atoms with E-state index in [-0.39, 0.29) is 5.92 Å². The zero-order chi connectivity index (χ0) is 9.42. The first-order valence-corrected chi connectivity index (χ1v) is 4.61. The van der Waals surface area contributed by atoms with Gasteiger partial charge in [0.2, 0.25) is 0 Å². The Hall–Kier alpha value is -1.18. The van der Waals surface area contributed by atoms with E-state index < -0.39 is 0 Å². The highest BCUT2D eigenvalue weighted by molar-refractivity contribution is 5.82. The molecule has 68 valence electrons. The second-order valence-electron chi connectivity index (χ2n) is 3.79. The fourth-order valence-electron chi connectivity index (χ4n) is 1.71. The highest BCUT2D eigenvalue weighted by atomic mass is 16.1. The third-order valence-corrected chi connectivity index (χ3v) is 2.67. The Morgan fingerprint density at radius 1 is 1.54 bits per heavy atom. The van der Waals surface area contributed by atoms with Crippen LogP contribution in [0.1, 0.15) is 30.5 Å². The van der Waals surface area contributed by atoms with E-state index in [4.69, 9.17) is 0 Å². The fourth-order valence-corrected chi connectivity index (χ4v) is 1.71. The Morgan fingerprint density at radius 2 is 2.31 bits per heavy atom. The maximum Gasteiger partial charge on any atom is 0.133 e. The van der Waals surface area contributed by atoms with Crippen LogP contribution in [-0.4, -0.2) is 10.8 Å². The molecule has 0 radical (unpaired) electrons. The highest BCUT2D eigenvalue weighted by Gasteiger charge is 2.41. The average molecular weight is 175 g/mol. The molecule has 0 amide bonds. The molecule has 1 aliphatic rings. The number of aromatic nitrogens is 1. The monoisotopic (exact) mass is 175 g/mol. The van der Waals surface area contributed by atoms with Crippen LogP contribution in [0.2, 0.25) is 0 Å². The first kappa shape index (κ1) is 8.42. The number of pyridine rings is 1. The summed E-state index contributed by atoms with van der Waals surface area (Å²) in [6.45, 7) is 3.64. The molecular formula is C11H13NO. The predicted molar refractivity (Wildman–Crippen MR) is 50.5 cm³/mol. The summed E-state index contributed by atoms with van der Waals surface area (Å²) in [5.41, 5.74) is 2.24. The SMILES string of the molecule is CC(=O)C1CC1c1ccc(C)nc1. The summed E-state index contributed by atoms with van der Waals surface area (Å²) in [5, 5.41) is 0. The van der Waals surface area contributed by atoms with Gasteiger partial charge in [-0.25, -0.2) is 0 Å². The quantitative estimate of drug-likeness (QED) is 0.688. The van der Waals surface area contributed by atoms with Gasteiger partial charge in [-0.3, -0.25) is 9.78 Å². The van der Waals surface area contributed by atoms with Gasteiger partial charge in [0.1, 0.15) is 5.78 Å². The van der Waals surface area contributed by atoms with Crippen LogP contribution in [0, 0.1) is 12.8 Å².